The predicted molar refractivity (Wildman–Crippen MR) is 108 cm³/mol. The number of amides is 1. The molecule has 0 saturated heterocycles. The molecule has 7 heteroatoms. The van der Waals surface area contributed by atoms with E-state index in [2.05, 4.69) is 10.1 Å². The Labute approximate surface area is 169 Å². The third-order valence-electron chi connectivity index (χ3n) is 4.22. The Balaban J connectivity index is 1.50. The number of carbonyl (C=O) groups is 2. The number of hydrogen-bond acceptors (Lipinski definition) is 6. The van der Waals surface area contributed by atoms with Gasteiger partial charge in [0.15, 0.2) is 6.61 Å². The normalized spacial score (nSPS) is 10.7. The molecule has 0 fully saturated rings. The Morgan fingerprint density at radius 1 is 1.03 bits per heavy atom. The molecule has 1 aromatic heterocycles. The van der Waals surface area contributed by atoms with Crippen molar-refractivity contribution in [3.05, 3.63) is 66.6 Å². The summed E-state index contributed by atoms with van der Waals surface area (Å²) in [6.45, 7) is 3.50. The van der Waals surface area contributed by atoms with Gasteiger partial charge in [-0.15, -0.1) is 0 Å². The van der Waals surface area contributed by atoms with Crippen molar-refractivity contribution in [1.29, 1.82) is 0 Å². The van der Waals surface area contributed by atoms with Crippen molar-refractivity contribution in [2.75, 3.05) is 11.5 Å². The number of ether oxygens (including phenoxy) is 1. The molecule has 0 aliphatic heterocycles. The van der Waals surface area contributed by atoms with Gasteiger partial charge < -0.3 is 14.2 Å². The second-order valence-corrected chi connectivity index (χ2v) is 6.73. The Morgan fingerprint density at radius 2 is 1.69 bits per heavy atom. The lowest BCUT2D eigenvalue weighted by atomic mass is 10.2. The molecule has 1 amide bonds. The molecule has 0 radical (unpaired) electrons. The molecule has 0 aliphatic rings. The SMILES string of the molecule is CC(C)N(C(=O)COC(=O)CCc1nc(-c2ccccc2)no1)c1ccccc1. The molecule has 0 saturated carbocycles. The zero-order chi connectivity index (χ0) is 20.6. The molecule has 7 nitrogen and oxygen atoms in total. The van der Waals surface area contributed by atoms with Crippen molar-refractivity contribution < 1.29 is 18.8 Å². The molecule has 2 aromatic carbocycles. The summed E-state index contributed by atoms with van der Waals surface area (Å²) in [5.74, 6) is 0.0538. The molecular formula is C22H23N3O4. The van der Waals surface area contributed by atoms with Crippen LogP contribution in [-0.4, -0.2) is 34.7 Å². The van der Waals surface area contributed by atoms with Gasteiger partial charge in [-0.3, -0.25) is 9.59 Å². The maximum atomic E-state index is 12.5. The first-order valence-corrected chi connectivity index (χ1v) is 9.45. The van der Waals surface area contributed by atoms with Crippen LogP contribution < -0.4 is 4.90 Å². The molecule has 0 bridgehead atoms. The quantitative estimate of drug-likeness (QED) is 0.543. The van der Waals surface area contributed by atoms with Crippen molar-refractivity contribution >= 4 is 17.6 Å². The first-order valence-electron chi connectivity index (χ1n) is 9.45. The summed E-state index contributed by atoms with van der Waals surface area (Å²) in [4.78, 5) is 30.5. The van der Waals surface area contributed by atoms with Crippen LogP contribution in [0.25, 0.3) is 11.4 Å². The molecule has 0 aliphatic carbocycles. The van der Waals surface area contributed by atoms with Gasteiger partial charge in [-0.05, 0) is 26.0 Å². The van der Waals surface area contributed by atoms with Crippen LogP contribution in [0.5, 0.6) is 0 Å². The minimum absolute atomic E-state index is 0.0523. The number of aryl methyl sites for hydroxylation is 1. The number of esters is 1. The summed E-state index contributed by atoms with van der Waals surface area (Å²) in [6, 6.07) is 18.7. The predicted octanol–water partition coefficient (Wildman–Crippen LogP) is 3.65. The summed E-state index contributed by atoms with van der Waals surface area (Å²) in [7, 11) is 0. The number of aromatic nitrogens is 2. The number of hydrogen-bond donors (Lipinski definition) is 0. The fourth-order valence-corrected chi connectivity index (χ4v) is 2.87. The Bertz CT molecular complexity index is 939. The largest absolute Gasteiger partial charge is 0.456 e. The van der Waals surface area contributed by atoms with E-state index in [9.17, 15) is 9.59 Å². The van der Waals surface area contributed by atoms with Crippen LogP contribution in [0, 0.1) is 0 Å². The van der Waals surface area contributed by atoms with Crippen LogP contribution in [0.15, 0.2) is 65.2 Å². The van der Waals surface area contributed by atoms with Crippen LogP contribution in [0.2, 0.25) is 0 Å². The van der Waals surface area contributed by atoms with Gasteiger partial charge in [-0.2, -0.15) is 4.98 Å². The molecule has 150 valence electrons. The molecule has 3 rings (SSSR count). The summed E-state index contributed by atoms with van der Waals surface area (Å²) in [5, 5.41) is 3.92. The zero-order valence-electron chi connectivity index (χ0n) is 16.4. The Kier molecular flexibility index (Phi) is 6.73. The molecule has 0 spiro atoms. The van der Waals surface area contributed by atoms with E-state index in [1.807, 2.05) is 74.5 Å². The van der Waals surface area contributed by atoms with E-state index >= 15 is 0 Å². The van der Waals surface area contributed by atoms with Crippen molar-refractivity contribution in [2.24, 2.45) is 0 Å². The number of rotatable bonds is 8. The van der Waals surface area contributed by atoms with E-state index < -0.39 is 5.97 Å². The maximum Gasteiger partial charge on any atom is 0.306 e. The van der Waals surface area contributed by atoms with E-state index in [0.717, 1.165) is 11.3 Å². The number of carbonyl (C=O) groups excluding carboxylic acids is 2. The molecule has 29 heavy (non-hydrogen) atoms. The van der Waals surface area contributed by atoms with Crippen LogP contribution in [0.1, 0.15) is 26.2 Å². The van der Waals surface area contributed by atoms with Gasteiger partial charge in [0, 0.05) is 23.7 Å². The van der Waals surface area contributed by atoms with Gasteiger partial charge in [0.2, 0.25) is 11.7 Å². The van der Waals surface area contributed by atoms with Gasteiger partial charge in [-0.1, -0.05) is 53.7 Å². The van der Waals surface area contributed by atoms with E-state index in [1.165, 1.54) is 0 Å². The molecule has 0 unspecified atom stereocenters. The standard InChI is InChI=1S/C22H23N3O4/c1-16(2)25(18-11-7-4-8-12-18)20(26)15-28-21(27)14-13-19-23-22(24-29-19)17-9-5-3-6-10-17/h3-12,16H,13-15H2,1-2H3. The summed E-state index contributed by atoms with van der Waals surface area (Å²) in [6.07, 6.45) is 0.302. The molecule has 0 atom stereocenters. The Morgan fingerprint density at radius 3 is 2.34 bits per heavy atom. The van der Waals surface area contributed by atoms with E-state index in [-0.39, 0.29) is 31.4 Å². The third kappa shape index (κ3) is 5.51. The summed E-state index contributed by atoms with van der Waals surface area (Å²) < 4.78 is 10.3. The second-order valence-electron chi connectivity index (χ2n) is 6.73. The highest BCUT2D eigenvalue weighted by molar-refractivity contribution is 5.95. The molecule has 3 aromatic rings. The number of benzene rings is 2. The molecule has 1 heterocycles. The average Bonchev–Trinajstić information content (AvgIpc) is 3.21. The lowest BCUT2D eigenvalue weighted by Crippen LogP contribution is -2.39. The van der Waals surface area contributed by atoms with Gasteiger partial charge in [0.1, 0.15) is 0 Å². The van der Waals surface area contributed by atoms with Crippen LogP contribution >= 0.6 is 0 Å². The molecular weight excluding hydrogens is 370 g/mol. The van der Waals surface area contributed by atoms with Crippen LogP contribution in [-0.2, 0) is 20.7 Å². The number of para-hydroxylation sites is 1. The first-order chi connectivity index (χ1) is 14.0. The van der Waals surface area contributed by atoms with Crippen molar-refractivity contribution in [1.82, 2.24) is 10.1 Å². The summed E-state index contributed by atoms with van der Waals surface area (Å²) in [5.41, 5.74) is 1.60. The van der Waals surface area contributed by atoms with E-state index in [0.29, 0.717) is 11.7 Å². The highest BCUT2D eigenvalue weighted by Gasteiger charge is 2.20. The van der Waals surface area contributed by atoms with Gasteiger partial charge in [-0.25, -0.2) is 0 Å². The maximum absolute atomic E-state index is 12.5. The minimum Gasteiger partial charge on any atom is -0.456 e. The topological polar surface area (TPSA) is 85.5 Å². The fourth-order valence-electron chi connectivity index (χ4n) is 2.87. The van der Waals surface area contributed by atoms with Crippen molar-refractivity contribution in [3.63, 3.8) is 0 Å². The Hall–Kier alpha value is -3.48. The second kappa shape index (κ2) is 9.64. The monoisotopic (exact) mass is 393 g/mol. The van der Waals surface area contributed by atoms with E-state index in [4.69, 9.17) is 9.26 Å². The van der Waals surface area contributed by atoms with Crippen LogP contribution in [0.4, 0.5) is 5.69 Å². The number of nitrogens with zero attached hydrogens (tertiary/aromatic N) is 3. The smallest absolute Gasteiger partial charge is 0.306 e. The first kappa shape index (κ1) is 20.3. The average molecular weight is 393 g/mol. The highest BCUT2D eigenvalue weighted by Crippen LogP contribution is 2.17. The van der Waals surface area contributed by atoms with Crippen molar-refractivity contribution in [3.8, 4) is 11.4 Å². The fraction of sp³-hybridized carbons (Fsp3) is 0.273. The lowest BCUT2D eigenvalue weighted by molar-refractivity contribution is -0.148. The van der Waals surface area contributed by atoms with Crippen molar-refractivity contribution in [2.45, 2.75) is 32.7 Å². The van der Waals surface area contributed by atoms with Gasteiger partial charge in [0.25, 0.3) is 5.91 Å². The van der Waals surface area contributed by atoms with Gasteiger partial charge in [0.05, 0.1) is 6.42 Å². The highest BCUT2D eigenvalue weighted by atomic mass is 16.5. The van der Waals surface area contributed by atoms with Crippen LogP contribution in [0.3, 0.4) is 0 Å². The minimum atomic E-state index is -0.491. The third-order valence-corrected chi connectivity index (χ3v) is 4.22. The molecule has 0 N–H and O–H groups in total. The van der Waals surface area contributed by atoms with Gasteiger partial charge >= 0.3 is 5.97 Å². The lowest BCUT2D eigenvalue weighted by Gasteiger charge is -2.26. The van der Waals surface area contributed by atoms with E-state index in [1.54, 1.807) is 4.90 Å². The summed E-state index contributed by atoms with van der Waals surface area (Å²) >= 11 is 0. The number of anilines is 1. The zero-order valence-corrected chi connectivity index (χ0v) is 16.4.